The molecule has 0 fully saturated rings. The molecule has 0 saturated carbocycles. The van der Waals surface area contributed by atoms with Crippen LogP contribution in [0.4, 0.5) is 11.4 Å². The molecule has 0 bridgehead atoms. The van der Waals surface area contributed by atoms with E-state index < -0.39 is 11.0 Å². The van der Waals surface area contributed by atoms with Crippen LogP contribution in [-0.4, -0.2) is 30.5 Å². The van der Waals surface area contributed by atoms with Gasteiger partial charge in [-0.15, -0.1) is 0 Å². The van der Waals surface area contributed by atoms with Crippen molar-refractivity contribution >= 4 is 17.3 Å². The Morgan fingerprint density at radius 3 is 2.74 bits per heavy atom. The summed E-state index contributed by atoms with van der Waals surface area (Å²) in [6.07, 6.45) is 0. The lowest BCUT2D eigenvalue weighted by molar-refractivity contribution is -0.384. The molecule has 1 unspecified atom stereocenters. The molecule has 104 valence electrons. The van der Waals surface area contributed by atoms with Crippen molar-refractivity contribution in [1.82, 2.24) is 5.32 Å². The third-order valence-corrected chi connectivity index (χ3v) is 2.52. The van der Waals surface area contributed by atoms with Gasteiger partial charge in [-0.3, -0.25) is 14.9 Å². The maximum absolute atomic E-state index is 11.6. The molecule has 1 aromatic rings. The Bertz CT molecular complexity index is 476. The van der Waals surface area contributed by atoms with E-state index in [4.69, 9.17) is 4.74 Å². The first kappa shape index (κ1) is 14.7. The van der Waals surface area contributed by atoms with Crippen molar-refractivity contribution in [3.63, 3.8) is 0 Å². The van der Waals surface area contributed by atoms with Crippen LogP contribution >= 0.6 is 0 Å². The zero-order valence-electron chi connectivity index (χ0n) is 11.1. The fourth-order valence-corrected chi connectivity index (χ4v) is 1.54. The largest absolute Gasteiger partial charge is 0.497 e. The van der Waals surface area contributed by atoms with Crippen LogP contribution in [0.15, 0.2) is 18.2 Å². The van der Waals surface area contributed by atoms with E-state index in [0.717, 1.165) is 0 Å². The average Bonchev–Trinajstić information content (AvgIpc) is 2.38. The lowest BCUT2D eigenvalue weighted by atomic mass is 10.2. The van der Waals surface area contributed by atoms with Crippen molar-refractivity contribution in [1.29, 1.82) is 0 Å². The van der Waals surface area contributed by atoms with Gasteiger partial charge in [-0.05, 0) is 19.9 Å². The Kier molecular flexibility index (Phi) is 5.11. The van der Waals surface area contributed by atoms with E-state index in [1.165, 1.54) is 25.3 Å². The van der Waals surface area contributed by atoms with Crippen LogP contribution in [0.5, 0.6) is 5.75 Å². The number of hydrogen-bond acceptors (Lipinski definition) is 5. The number of rotatable bonds is 6. The van der Waals surface area contributed by atoms with Crippen molar-refractivity contribution in [2.75, 3.05) is 19.0 Å². The molecule has 0 aliphatic carbocycles. The molecule has 7 heteroatoms. The Balaban J connectivity index is 2.97. The molecule has 0 radical (unpaired) electrons. The number of ether oxygens (including phenoxy) is 1. The molecule has 0 aromatic heterocycles. The summed E-state index contributed by atoms with van der Waals surface area (Å²) in [5.41, 5.74) is 0.153. The predicted molar refractivity (Wildman–Crippen MR) is 71.4 cm³/mol. The molecule has 0 heterocycles. The third-order valence-electron chi connectivity index (χ3n) is 2.52. The molecule has 0 saturated heterocycles. The summed E-state index contributed by atoms with van der Waals surface area (Å²) in [5, 5.41) is 16.4. The van der Waals surface area contributed by atoms with Crippen molar-refractivity contribution in [2.45, 2.75) is 19.9 Å². The van der Waals surface area contributed by atoms with Gasteiger partial charge in [0.05, 0.1) is 12.0 Å². The predicted octanol–water partition coefficient (Wildman–Crippen LogP) is 1.54. The average molecular weight is 267 g/mol. The normalized spacial score (nSPS) is 11.5. The van der Waals surface area contributed by atoms with E-state index >= 15 is 0 Å². The molecule has 7 nitrogen and oxygen atoms in total. The monoisotopic (exact) mass is 267 g/mol. The molecule has 1 atom stereocenters. The van der Waals surface area contributed by atoms with Gasteiger partial charge in [-0.1, -0.05) is 0 Å². The minimum absolute atomic E-state index is 0.100. The topological polar surface area (TPSA) is 93.5 Å². The van der Waals surface area contributed by atoms with Gasteiger partial charge in [0.25, 0.3) is 5.69 Å². The molecule has 2 N–H and O–H groups in total. The second kappa shape index (κ2) is 6.58. The highest BCUT2D eigenvalue weighted by Crippen LogP contribution is 2.29. The van der Waals surface area contributed by atoms with Crippen LogP contribution < -0.4 is 15.4 Å². The van der Waals surface area contributed by atoms with Crippen molar-refractivity contribution in [3.05, 3.63) is 28.3 Å². The van der Waals surface area contributed by atoms with E-state index in [0.29, 0.717) is 12.3 Å². The fraction of sp³-hybridized carbons (Fsp3) is 0.417. The van der Waals surface area contributed by atoms with Gasteiger partial charge in [-0.25, -0.2) is 0 Å². The molecule has 19 heavy (non-hydrogen) atoms. The number of nitrogens with one attached hydrogen (secondary N) is 2. The van der Waals surface area contributed by atoms with E-state index in [1.54, 1.807) is 13.8 Å². The summed E-state index contributed by atoms with van der Waals surface area (Å²) in [6.45, 7) is 3.94. The number of carbonyl (C=O) groups is 1. The number of likely N-dealkylation sites (N-methyl/N-ethyl adjacent to an activating group) is 1. The standard InChI is InChI=1S/C12H17N3O4/c1-4-13-12(16)8(2)14-10-7-9(19-3)5-6-11(10)15(17)18/h5-8,14H,4H2,1-3H3,(H,13,16). The van der Waals surface area contributed by atoms with Crippen LogP contribution in [0.1, 0.15) is 13.8 Å². The summed E-state index contributed by atoms with van der Waals surface area (Å²) in [4.78, 5) is 22.0. The maximum atomic E-state index is 11.6. The van der Waals surface area contributed by atoms with E-state index in [2.05, 4.69) is 10.6 Å². The number of methoxy groups -OCH3 is 1. The Morgan fingerprint density at radius 1 is 1.53 bits per heavy atom. The molecule has 1 aromatic carbocycles. The number of amides is 1. The Hall–Kier alpha value is -2.31. The molecule has 0 spiro atoms. The number of nitro benzene ring substituents is 1. The van der Waals surface area contributed by atoms with Crippen LogP contribution in [0.2, 0.25) is 0 Å². The lowest BCUT2D eigenvalue weighted by Gasteiger charge is -2.15. The van der Waals surface area contributed by atoms with Gasteiger partial charge in [0.2, 0.25) is 5.91 Å². The summed E-state index contributed by atoms with van der Waals surface area (Å²) >= 11 is 0. The minimum Gasteiger partial charge on any atom is -0.497 e. The molecule has 0 aliphatic rings. The van der Waals surface area contributed by atoms with Gasteiger partial charge in [-0.2, -0.15) is 0 Å². The lowest BCUT2D eigenvalue weighted by Crippen LogP contribution is -2.37. The number of benzene rings is 1. The summed E-state index contributed by atoms with van der Waals surface area (Å²) < 4.78 is 5.02. The Labute approximate surface area is 111 Å². The van der Waals surface area contributed by atoms with Crippen LogP contribution in [0.3, 0.4) is 0 Å². The van der Waals surface area contributed by atoms with E-state index in [1.807, 2.05) is 0 Å². The SMILES string of the molecule is CCNC(=O)C(C)Nc1cc(OC)ccc1[N+](=O)[O-]. The van der Waals surface area contributed by atoms with Crippen molar-refractivity contribution < 1.29 is 14.5 Å². The summed E-state index contributed by atoms with van der Waals surface area (Å²) in [6, 6.07) is 3.75. The van der Waals surface area contributed by atoms with E-state index in [-0.39, 0.29) is 17.3 Å². The fourth-order valence-electron chi connectivity index (χ4n) is 1.54. The van der Waals surface area contributed by atoms with Gasteiger partial charge >= 0.3 is 0 Å². The number of anilines is 1. The number of nitrogens with zero attached hydrogens (tertiary/aromatic N) is 1. The number of carbonyl (C=O) groups excluding carboxylic acids is 1. The Morgan fingerprint density at radius 2 is 2.21 bits per heavy atom. The van der Waals surface area contributed by atoms with Gasteiger partial charge in [0.1, 0.15) is 17.5 Å². The maximum Gasteiger partial charge on any atom is 0.292 e. The summed E-state index contributed by atoms with van der Waals surface area (Å²) in [7, 11) is 1.47. The molecule has 0 aliphatic heterocycles. The third kappa shape index (κ3) is 3.84. The first-order valence-corrected chi connectivity index (χ1v) is 5.86. The summed E-state index contributed by atoms with van der Waals surface area (Å²) in [5.74, 6) is 0.260. The number of nitro groups is 1. The van der Waals surface area contributed by atoms with E-state index in [9.17, 15) is 14.9 Å². The quantitative estimate of drug-likeness (QED) is 0.602. The zero-order valence-corrected chi connectivity index (χ0v) is 11.1. The zero-order chi connectivity index (χ0) is 14.4. The first-order chi connectivity index (χ1) is 8.99. The van der Waals surface area contributed by atoms with Crippen molar-refractivity contribution in [2.24, 2.45) is 0 Å². The van der Waals surface area contributed by atoms with Crippen molar-refractivity contribution in [3.8, 4) is 5.75 Å². The molecular weight excluding hydrogens is 250 g/mol. The highest BCUT2D eigenvalue weighted by atomic mass is 16.6. The van der Waals surface area contributed by atoms with Gasteiger partial charge in [0, 0.05) is 18.7 Å². The molecule has 1 rings (SSSR count). The van der Waals surface area contributed by atoms with Crippen LogP contribution in [-0.2, 0) is 4.79 Å². The first-order valence-electron chi connectivity index (χ1n) is 5.86. The van der Waals surface area contributed by atoms with Crippen LogP contribution in [0, 0.1) is 10.1 Å². The second-order valence-electron chi connectivity index (χ2n) is 3.90. The smallest absolute Gasteiger partial charge is 0.292 e. The highest BCUT2D eigenvalue weighted by molar-refractivity contribution is 5.85. The second-order valence-corrected chi connectivity index (χ2v) is 3.90. The molecular formula is C12H17N3O4. The highest BCUT2D eigenvalue weighted by Gasteiger charge is 2.19. The van der Waals surface area contributed by atoms with Gasteiger partial charge in [0.15, 0.2) is 0 Å². The molecule has 1 amide bonds. The minimum atomic E-state index is -0.578. The van der Waals surface area contributed by atoms with Gasteiger partial charge < -0.3 is 15.4 Å². The van der Waals surface area contributed by atoms with Crippen LogP contribution in [0.25, 0.3) is 0 Å². The number of hydrogen-bond donors (Lipinski definition) is 2.